The molecule has 2 aromatic carbocycles. The summed E-state index contributed by atoms with van der Waals surface area (Å²) in [6.07, 6.45) is 3.39. The van der Waals surface area contributed by atoms with Gasteiger partial charge in [-0.2, -0.15) is 0 Å². The number of allylic oxidation sites excluding steroid dienone is 1. The molecule has 1 aliphatic carbocycles. The quantitative estimate of drug-likeness (QED) is 0.484. The number of hydrogen-bond donors (Lipinski definition) is 0. The van der Waals surface area contributed by atoms with Crippen molar-refractivity contribution in [2.45, 2.75) is 32.6 Å². The van der Waals surface area contributed by atoms with Crippen molar-refractivity contribution < 1.29 is 0 Å². The summed E-state index contributed by atoms with van der Waals surface area (Å²) in [5.74, 6) is 0. The normalized spacial score (nSPS) is 13.7. The summed E-state index contributed by atoms with van der Waals surface area (Å²) in [6.45, 7) is 6.79. The average Bonchev–Trinajstić information content (AvgIpc) is 3.22. The van der Waals surface area contributed by atoms with Crippen molar-refractivity contribution >= 4 is 23.0 Å². The topological polar surface area (TPSA) is 0 Å². The van der Waals surface area contributed by atoms with E-state index in [1.807, 2.05) is 11.3 Å². The molecule has 1 heteroatoms. The van der Waals surface area contributed by atoms with Crippen LogP contribution in [0.4, 0.5) is 0 Å². The minimum atomic E-state index is 0.199. The molecule has 0 bridgehead atoms. The molecule has 0 radical (unpaired) electrons. The lowest BCUT2D eigenvalue weighted by Gasteiger charge is -2.19. The van der Waals surface area contributed by atoms with Crippen LogP contribution in [0.25, 0.3) is 22.8 Å². The third-order valence-corrected chi connectivity index (χ3v) is 5.75. The highest BCUT2D eigenvalue weighted by Crippen LogP contribution is 2.39. The van der Waals surface area contributed by atoms with Crippen molar-refractivity contribution in [2.24, 2.45) is 0 Å². The van der Waals surface area contributed by atoms with Gasteiger partial charge in [0.1, 0.15) is 0 Å². The number of fused-ring (bicyclic) bond motifs is 1. The lowest BCUT2D eigenvalue weighted by Crippen LogP contribution is -2.10. The van der Waals surface area contributed by atoms with Crippen LogP contribution in [0.1, 0.15) is 42.3 Å². The Morgan fingerprint density at radius 3 is 2.33 bits per heavy atom. The highest BCUT2D eigenvalue weighted by molar-refractivity contribution is 7.11. The molecule has 0 spiro atoms. The Balaban J connectivity index is 1.70. The van der Waals surface area contributed by atoms with Gasteiger partial charge in [-0.05, 0) is 56.3 Å². The molecular weight excluding hydrogens is 308 g/mol. The maximum Gasteiger partial charge on any atom is 0.0305 e. The fourth-order valence-corrected chi connectivity index (χ4v) is 4.15. The molecule has 0 N–H and O–H groups in total. The van der Waals surface area contributed by atoms with Crippen molar-refractivity contribution in [3.05, 3.63) is 81.5 Å². The Labute approximate surface area is 148 Å². The summed E-state index contributed by atoms with van der Waals surface area (Å²) in [5, 5.41) is 2.16. The van der Waals surface area contributed by atoms with Gasteiger partial charge in [-0.1, -0.05) is 69.3 Å². The molecule has 0 saturated carbocycles. The van der Waals surface area contributed by atoms with E-state index < -0.39 is 0 Å². The van der Waals surface area contributed by atoms with Crippen molar-refractivity contribution in [2.75, 3.05) is 0 Å². The molecule has 3 aromatic rings. The van der Waals surface area contributed by atoms with E-state index in [0.717, 1.165) is 6.42 Å². The monoisotopic (exact) mass is 330 g/mol. The molecule has 24 heavy (non-hydrogen) atoms. The van der Waals surface area contributed by atoms with Gasteiger partial charge in [0, 0.05) is 11.3 Å². The molecule has 0 aliphatic heterocycles. The second kappa shape index (κ2) is 5.75. The van der Waals surface area contributed by atoms with Crippen LogP contribution in [-0.4, -0.2) is 0 Å². The highest BCUT2D eigenvalue weighted by Gasteiger charge is 2.19. The van der Waals surface area contributed by atoms with Gasteiger partial charge in [-0.25, -0.2) is 0 Å². The van der Waals surface area contributed by atoms with Gasteiger partial charge in [-0.15, -0.1) is 11.3 Å². The molecule has 4 rings (SSSR count). The van der Waals surface area contributed by atoms with Gasteiger partial charge in [0.25, 0.3) is 0 Å². The minimum Gasteiger partial charge on any atom is -0.144 e. The van der Waals surface area contributed by atoms with Crippen LogP contribution in [0.2, 0.25) is 0 Å². The maximum atomic E-state index is 2.36. The second-order valence-corrected chi connectivity index (χ2v) is 8.47. The molecule has 0 fully saturated rings. The fraction of sp³-hybridized carbons (Fsp3) is 0.217. The van der Waals surface area contributed by atoms with Gasteiger partial charge in [0.05, 0.1) is 0 Å². The summed E-state index contributed by atoms with van der Waals surface area (Å²) in [5.41, 5.74) is 8.55. The van der Waals surface area contributed by atoms with Gasteiger partial charge in [0.2, 0.25) is 0 Å². The van der Waals surface area contributed by atoms with Crippen LogP contribution in [0, 0.1) is 0 Å². The molecule has 0 saturated heterocycles. The molecule has 0 nitrogen and oxygen atoms in total. The summed E-state index contributed by atoms with van der Waals surface area (Å²) in [6, 6.07) is 20.1. The summed E-state index contributed by atoms with van der Waals surface area (Å²) in [7, 11) is 0. The Bertz CT molecular complexity index is 888. The first-order valence-corrected chi connectivity index (χ1v) is 9.37. The first-order chi connectivity index (χ1) is 11.5. The van der Waals surface area contributed by atoms with Gasteiger partial charge >= 0.3 is 0 Å². The average molecular weight is 330 g/mol. The van der Waals surface area contributed by atoms with Crippen LogP contribution in [0.3, 0.4) is 0 Å². The molecule has 0 atom stereocenters. The second-order valence-electron chi connectivity index (χ2n) is 7.52. The van der Waals surface area contributed by atoms with Crippen LogP contribution in [-0.2, 0) is 11.8 Å². The number of thiophene rings is 1. The zero-order chi connectivity index (χ0) is 16.7. The van der Waals surface area contributed by atoms with Gasteiger partial charge in [-0.3, -0.25) is 0 Å². The van der Waals surface area contributed by atoms with Crippen molar-refractivity contribution in [3.8, 4) is 11.1 Å². The Morgan fingerprint density at radius 2 is 1.67 bits per heavy atom. The van der Waals surface area contributed by atoms with E-state index in [9.17, 15) is 0 Å². The first-order valence-electron chi connectivity index (χ1n) is 8.50. The number of benzene rings is 2. The predicted octanol–water partition coefficient (Wildman–Crippen LogP) is 6.81. The van der Waals surface area contributed by atoms with E-state index in [-0.39, 0.29) is 5.41 Å². The third kappa shape index (κ3) is 2.74. The van der Waals surface area contributed by atoms with E-state index in [4.69, 9.17) is 0 Å². The molecule has 1 heterocycles. The van der Waals surface area contributed by atoms with Crippen LogP contribution in [0.15, 0.2) is 60.0 Å². The maximum absolute atomic E-state index is 2.36. The summed E-state index contributed by atoms with van der Waals surface area (Å²) in [4.78, 5) is 1.39. The zero-order valence-electron chi connectivity index (χ0n) is 14.5. The molecule has 1 aromatic heterocycles. The van der Waals surface area contributed by atoms with Crippen LogP contribution < -0.4 is 0 Å². The smallest absolute Gasteiger partial charge is 0.0305 e. The van der Waals surface area contributed by atoms with Crippen LogP contribution >= 0.6 is 11.3 Å². The van der Waals surface area contributed by atoms with Gasteiger partial charge in [0.15, 0.2) is 0 Å². The molecule has 1 aliphatic rings. The van der Waals surface area contributed by atoms with Crippen molar-refractivity contribution in [1.29, 1.82) is 0 Å². The third-order valence-electron chi connectivity index (χ3n) is 4.81. The van der Waals surface area contributed by atoms with Crippen molar-refractivity contribution in [3.63, 3.8) is 0 Å². The predicted molar refractivity (Wildman–Crippen MR) is 106 cm³/mol. The van der Waals surface area contributed by atoms with E-state index in [0.29, 0.717) is 0 Å². The van der Waals surface area contributed by atoms with E-state index in [1.54, 1.807) is 0 Å². The van der Waals surface area contributed by atoms with E-state index >= 15 is 0 Å². The van der Waals surface area contributed by atoms with E-state index in [2.05, 4.69) is 86.8 Å². The van der Waals surface area contributed by atoms with E-state index in [1.165, 1.54) is 38.3 Å². The first kappa shape index (κ1) is 15.4. The van der Waals surface area contributed by atoms with Crippen molar-refractivity contribution in [1.82, 2.24) is 0 Å². The molecular formula is C23H22S. The number of hydrogen-bond acceptors (Lipinski definition) is 1. The fourth-order valence-electron chi connectivity index (χ4n) is 3.41. The largest absolute Gasteiger partial charge is 0.144 e. The zero-order valence-corrected chi connectivity index (χ0v) is 15.3. The highest BCUT2D eigenvalue weighted by atomic mass is 32.1. The van der Waals surface area contributed by atoms with Crippen LogP contribution in [0.5, 0.6) is 0 Å². The summed E-state index contributed by atoms with van der Waals surface area (Å²) < 4.78 is 0. The Kier molecular flexibility index (Phi) is 3.69. The molecule has 0 unspecified atom stereocenters. The molecule has 0 amide bonds. The Morgan fingerprint density at radius 1 is 0.875 bits per heavy atom. The minimum absolute atomic E-state index is 0.199. The SMILES string of the molecule is CC(C)(C)c1ccc(-c2cccc3c2CC(c2cccs2)=C3)cc1. The Hall–Kier alpha value is -2.12. The standard InChI is InChI=1S/C23H22S/c1-23(2,3)19-11-9-16(10-12-19)20-7-4-6-17-14-18(15-21(17)20)22-8-5-13-24-22/h4-14H,15H2,1-3H3. The molecule has 120 valence electrons. The lowest BCUT2D eigenvalue weighted by molar-refractivity contribution is 0.590. The lowest BCUT2D eigenvalue weighted by atomic mass is 9.85. The van der Waals surface area contributed by atoms with Gasteiger partial charge < -0.3 is 0 Å². The summed E-state index contributed by atoms with van der Waals surface area (Å²) >= 11 is 1.83. The number of rotatable bonds is 2.